The molecule has 4 atom stereocenters. The van der Waals surface area contributed by atoms with E-state index in [4.69, 9.17) is 0 Å². The van der Waals surface area contributed by atoms with Crippen LogP contribution in [0.15, 0.2) is 78.9 Å². The number of fused-ring (bicyclic) bond motifs is 1. The fourth-order valence-electron chi connectivity index (χ4n) is 4.56. The molecule has 0 radical (unpaired) electrons. The van der Waals surface area contributed by atoms with Crippen LogP contribution in [-0.2, 0) is 5.41 Å². The average molecular weight is 256 g/mol. The molecule has 1 fully saturated rings. The minimum absolute atomic E-state index is 0.324. The van der Waals surface area contributed by atoms with Crippen LogP contribution in [0.2, 0.25) is 0 Å². The maximum atomic E-state index is 2.54. The van der Waals surface area contributed by atoms with E-state index in [1.165, 1.54) is 11.1 Å². The van der Waals surface area contributed by atoms with Crippen LogP contribution in [0.25, 0.3) is 5.57 Å². The average Bonchev–Trinajstić information content (AvgIpc) is 2.83. The van der Waals surface area contributed by atoms with E-state index < -0.39 is 0 Å². The molecular weight excluding hydrogens is 240 g/mol. The summed E-state index contributed by atoms with van der Waals surface area (Å²) in [7, 11) is 0. The summed E-state index contributed by atoms with van der Waals surface area (Å²) >= 11 is 0. The van der Waals surface area contributed by atoms with Gasteiger partial charge in [-0.1, -0.05) is 78.9 Å². The van der Waals surface area contributed by atoms with Gasteiger partial charge in [-0.3, -0.25) is 0 Å². The first-order chi connectivity index (χ1) is 9.91. The summed E-state index contributed by atoms with van der Waals surface area (Å²) in [5, 5.41) is 0. The smallest absolute Gasteiger partial charge is 0.0241 e. The molecule has 0 unspecified atom stereocenters. The molecule has 2 aromatic rings. The van der Waals surface area contributed by atoms with Crippen LogP contribution in [0.1, 0.15) is 11.1 Å². The highest BCUT2D eigenvalue weighted by Gasteiger charge is 2.70. The first kappa shape index (κ1) is 10.7. The van der Waals surface area contributed by atoms with E-state index in [0.717, 1.165) is 11.8 Å². The molecule has 0 heterocycles. The first-order valence-corrected chi connectivity index (χ1v) is 7.43. The summed E-state index contributed by atoms with van der Waals surface area (Å²) in [6.07, 6.45) is 7.46. The summed E-state index contributed by atoms with van der Waals surface area (Å²) in [6.45, 7) is 0. The highest BCUT2D eigenvalue weighted by Crippen LogP contribution is 2.74. The van der Waals surface area contributed by atoms with Gasteiger partial charge in [0.2, 0.25) is 0 Å². The van der Waals surface area contributed by atoms with Crippen molar-refractivity contribution < 1.29 is 0 Å². The maximum absolute atomic E-state index is 2.54. The number of allylic oxidation sites excluding steroid dienone is 4. The molecule has 0 spiro atoms. The highest BCUT2D eigenvalue weighted by molar-refractivity contribution is 5.78. The van der Waals surface area contributed by atoms with Crippen molar-refractivity contribution in [2.45, 2.75) is 5.41 Å². The van der Waals surface area contributed by atoms with Crippen molar-refractivity contribution in [2.24, 2.45) is 17.8 Å². The zero-order valence-electron chi connectivity index (χ0n) is 11.2. The predicted molar refractivity (Wildman–Crippen MR) is 82.1 cm³/mol. The molecule has 0 aromatic heterocycles. The van der Waals surface area contributed by atoms with Gasteiger partial charge in [0.25, 0.3) is 0 Å². The highest BCUT2D eigenvalue weighted by atomic mass is 14.7. The van der Waals surface area contributed by atoms with Gasteiger partial charge in [-0.25, -0.2) is 0 Å². The second-order valence-electron chi connectivity index (χ2n) is 6.22. The standard InChI is InChI=1S/C20H16/c1-3-7-14(8-4-1)17-13-18-19-16(17)11-12-20(18,19)15-9-5-2-6-10-15/h1-13,16,18-19H/t16-,18+,19-,20-/m0/s1. The zero-order chi connectivity index (χ0) is 13.2. The lowest BCUT2D eigenvalue weighted by Gasteiger charge is -2.16. The van der Waals surface area contributed by atoms with E-state index in [0.29, 0.717) is 11.3 Å². The summed E-state index contributed by atoms with van der Waals surface area (Å²) in [5.74, 6) is 2.12. The minimum Gasteiger partial charge on any atom is -0.0797 e. The molecule has 0 saturated heterocycles. The minimum atomic E-state index is 0.324. The number of rotatable bonds is 2. The zero-order valence-corrected chi connectivity index (χ0v) is 11.2. The van der Waals surface area contributed by atoms with Crippen LogP contribution in [-0.4, -0.2) is 0 Å². The topological polar surface area (TPSA) is 0 Å². The Kier molecular flexibility index (Phi) is 1.88. The van der Waals surface area contributed by atoms with E-state index in [-0.39, 0.29) is 0 Å². The summed E-state index contributed by atoms with van der Waals surface area (Å²) < 4.78 is 0. The monoisotopic (exact) mass is 256 g/mol. The van der Waals surface area contributed by atoms with Gasteiger partial charge >= 0.3 is 0 Å². The normalized spacial score (nSPS) is 35.8. The second-order valence-corrected chi connectivity index (χ2v) is 6.22. The molecule has 96 valence electrons. The van der Waals surface area contributed by atoms with Crippen LogP contribution in [0.4, 0.5) is 0 Å². The Bertz CT molecular complexity index is 723. The van der Waals surface area contributed by atoms with Crippen LogP contribution in [0.3, 0.4) is 0 Å². The molecule has 3 aliphatic rings. The van der Waals surface area contributed by atoms with Crippen molar-refractivity contribution in [1.82, 2.24) is 0 Å². The Morgan fingerprint density at radius 3 is 2.20 bits per heavy atom. The molecule has 0 amide bonds. The fraction of sp³-hybridized carbons (Fsp3) is 0.200. The van der Waals surface area contributed by atoms with E-state index in [1.807, 2.05) is 0 Å². The van der Waals surface area contributed by atoms with Crippen LogP contribution < -0.4 is 0 Å². The van der Waals surface area contributed by atoms with Crippen LogP contribution in [0, 0.1) is 17.8 Å². The molecule has 20 heavy (non-hydrogen) atoms. The molecular formula is C20H16. The van der Waals surface area contributed by atoms with Gasteiger partial charge in [-0.15, -0.1) is 0 Å². The predicted octanol–water partition coefficient (Wildman–Crippen LogP) is 4.45. The van der Waals surface area contributed by atoms with Crippen LogP contribution in [0.5, 0.6) is 0 Å². The molecule has 5 rings (SSSR count). The summed E-state index contributed by atoms with van der Waals surface area (Å²) in [5.41, 5.74) is 4.76. The molecule has 0 aliphatic heterocycles. The largest absolute Gasteiger partial charge is 0.0797 e. The van der Waals surface area contributed by atoms with Crippen LogP contribution >= 0.6 is 0 Å². The second kappa shape index (κ2) is 3.52. The number of benzene rings is 2. The lowest BCUT2D eigenvalue weighted by Crippen LogP contribution is -2.09. The maximum Gasteiger partial charge on any atom is 0.0241 e. The van der Waals surface area contributed by atoms with Crippen molar-refractivity contribution in [2.75, 3.05) is 0 Å². The molecule has 3 aliphatic carbocycles. The van der Waals surface area contributed by atoms with Crippen molar-refractivity contribution in [3.05, 3.63) is 90.0 Å². The van der Waals surface area contributed by atoms with Gasteiger partial charge in [0.05, 0.1) is 0 Å². The number of hydrogen-bond acceptors (Lipinski definition) is 0. The van der Waals surface area contributed by atoms with Crippen molar-refractivity contribution in [3.8, 4) is 0 Å². The summed E-state index contributed by atoms with van der Waals surface area (Å²) in [6, 6.07) is 21.9. The lowest BCUT2D eigenvalue weighted by atomic mass is 9.87. The first-order valence-electron chi connectivity index (χ1n) is 7.43. The van der Waals surface area contributed by atoms with Gasteiger partial charge in [0.15, 0.2) is 0 Å². The molecule has 1 saturated carbocycles. The van der Waals surface area contributed by atoms with E-state index in [2.05, 4.69) is 78.9 Å². The lowest BCUT2D eigenvalue weighted by molar-refractivity contribution is 0.684. The van der Waals surface area contributed by atoms with Gasteiger partial charge in [-0.2, -0.15) is 0 Å². The Labute approximate surface area is 119 Å². The quantitative estimate of drug-likeness (QED) is 0.696. The SMILES string of the molecule is C1=C[C@@]2(c3ccccc3)[C@@H]3[C@H]2C=C(c2ccccc2)[C@H]13. The van der Waals surface area contributed by atoms with Crippen molar-refractivity contribution in [3.63, 3.8) is 0 Å². The van der Waals surface area contributed by atoms with Gasteiger partial charge in [0.1, 0.15) is 0 Å². The van der Waals surface area contributed by atoms with Gasteiger partial charge < -0.3 is 0 Å². The Balaban J connectivity index is 1.58. The number of hydrogen-bond donors (Lipinski definition) is 0. The fourth-order valence-corrected chi connectivity index (χ4v) is 4.56. The third-order valence-corrected chi connectivity index (χ3v) is 5.45. The Morgan fingerprint density at radius 2 is 1.50 bits per heavy atom. The third-order valence-electron chi connectivity index (χ3n) is 5.45. The van der Waals surface area contributed by atoms with E-state index in [9.17, 15) is 0 Å². The summed E-state index contributed by atoms with van der Waals surface area (Å²) in [4.78, 5) is 0. The van der Waals surface area contributed by atoms with Gasteiger partial charge in [-0.05, 0) is 28.5 Å². The molecule has 0 N–H and O–H groups in total. The van der Waals surface area contributed by atoms with Crippen molar-refractivity contribution >= 4 is 5.57 Å². The Morgan fingerprint density at radius 1 is 0.800 bits per heavy atom. The Hall–Kier alpha value is -2.08. The van der Waals surface area contributed by atoms with Crippen molar-refractivity contribution in [1.29, 1.82) is 0 Å². The molecule has 2 aromatic carbocycles. The third kappa shape index (κ3) is 1.13. The molecule has 0 heteroatoms. The van der Waals surface area contributed by atoms with E-state index >= 15 is 0 Å². The molecule has 0 bridgehead atoms. The van der Waals surface area contributed by atoms with Gasteiger partial charge in [0, 0.05) is 11.3 Å². The van der Waals surface area contributed by atoms with E-state index in [1.54, 1.807) is 5.57 Å². The molecule has 0 nitrogen and oxygen atoms in total.